The van der Waals surface area contributed by atoms with Gasteiger partial charge in [0.25, 0.3) is 0 Å². The SMILES string of the molecule is CC=CC=[NH+]C. The molecule has 0 aromatic carbocycles. The van der Waals surface area contributed by atoms with Gasteiger partial charge in [0.05, 0.1) is 0 Å². The summed E-state index contributed by atoms with van der Waals surface area (Å²) < 4.78 is 0. The molecule has 0 aliphatic heterocycles. The van der Waals surface area contributed by atoms with Gasteiger partial charge in [0.15, 0.2) is 6.21 Å². The van der Waals surface area contributed by atoms with E-state index in [9.17, 15) is 0 Å². The molecule has 0 amide bonds. The lowest BCUT2D eigenvalue weighted by atomic mass is 10.6. The number of rotatable bonds is 1. The van der Waals surface area contributed by atoms with Crippen molar-refractivity contribution in [3.05, 3.63) is 12.2 Å². The van der Waals surface area contributed by atoms with Gasteiger partial charge in [-0.15, -0.1) is 0 Å². The van der Waals surface area contributed by atoms with E-state index in [1.807, 2.05) is 32.3 Å². The minimum atomic E-state index is 1.88. The molecule has 1 heteroatoms. The second-order valence-electron chi connectivity index (χ2n) is 0.981. The van der Waals surface area contributed by atoms with Gasteiger partial charge < -0.3 is 0 Å². The fourth-order valence-corrected chi connectivity index (χ4v) is 0.192. The van der Waals surface area contributed by atoms with Gasteiger partial charge in [-0.05, 0) is 13.0 Å². The molecule has 0 saturated heterocycles. The van der Waals surface area contributed by atoms with Crippen LogP contribution in [-0.4, -0.2) is 13.3 Å². The Bertz CT molecular complexity index is 52.3. The van der Waals surface area contributed by atoms with Crippen LogP contribution in [0, 0.1) is 0 Å². The molecule has 0 radical (unpaired) electrons. The summed E-state index contributed by atoms with van der Waals surface area (Å²) in [5.41, 5.74) is 0. The number of allylic oxidation sites excluding steroid dienone is 2. The molecule has 0 fully saturated rings. The molecule has 6 heavy (non-hydrogen) atoms. The van der Waals surface area contributed by atoms with Crippen molar-refractivity contribution in [2.75, 3.05) is 7.05 Å². The topological polar surface area (TPSA) is 14.0 Å². The first-order valence-electron chi connectivity index (χ1n) is 2.03. The summed E-state index contributed by atoms with van der Waals surface area (Å²) in [6.45, 7) is 1.98. The van der Waals surface area contributed by atoms with Gasteiger partial charge in [-0.25, -0.2) is 0 Å². The Labute approximate surface area is 38.4 Å². The van der Waals surface area contributed by atoms with Crippen molar-refractivity contribution in [3.63, 3.8) is 0 Å². The fourth-order valence-electron chi connectivity index (χ4n) is 0.192. The van der Waals surface area contributed by atoms with Crippen LogP contribution < -0.4 is 4.99 Å². The van der Waals surface area contributed by atoms with Gasteiger partial charge in [-0.2, -0.15) is 0 Å². The van der Waals surface area contributed by atoms with Crippen LogP contribution in [0.3, 0.4) is 0 Å². The quantitative estimate of drug-likeness (QED) is 0.406. The molecule has 0 saturated carbocycles. The molecule has 0 heterocycles. The van der Waals surface area contributed by atoms with Crippen LogP contribution in [0.2, 0.25) is 0 Å². The van der Waals surface area contributed by atoms with Crippen molar-refractivity contribution in [3.8, 4) is 0 Å². The fraction of sp³-hybridized carbons (Fsp3) is 0.400. The molecular formula is C5H10N+. The Morgan fingerprint density at radius 1 is 1.50 bits per heavy atom. The van der Waals surface area contributed by atoms with E-state index in [2.05, 4.69) is 4.99 Å². The van der Waals surface area contributed by atoms with Crippen LogP contribution in [0.4, 0.5) is 0 Å². The summed E-state index contributed by atoms with van der Waals surface area (Å²) in [4.78, 5) is 2.86. The zero-order valence-electron chi connectivity index (χ0n) is 4.23. The molecule has 0 aromatic heterocycles. The first kappa shape index (κ1) is 5.41. The Balaban J connectivity index is 3.07. The third-order valence-corrected chi connectivity index (χ3v) is 0.455. The van der Waals surface area contributed by atoms with Crippen molar-refractivity contribution < 1.29 is 4.99 Å². The van der Waals surface area contributed by atoms with Crippen LogP contribution >= 0.6 is 0 Å². The highest BCUT2D eigenvalue weighted by atomic mass is 14.6. The second-order valence-corrected chi connectivity index (χ2v) is 0.981. The lowest BCUT2D eigenvalue weighted by Crippen LogP contribution is -2.62. The summed E-state index contributed by atoms with van der Waals surface area (Å²) in [7, 11) is 1.88. The molecular weight excluding hydrogens is 74.1 g/mol. The Morgan fingerprint density at radius 3 is 2.33 bits per heavy atom. The van der Waals surface area contributed by atoms with Gasteiger partial charge in [-0.3, -0.25) is 4.99 Å². The van der Waals surface area contributed by atoms with E-state index in [-0.39, 0.29) is 0 Å². The van der Waals surface area contributed by atoms with Crippen molar-refractivity contribution in [1.82, 2.24) is 0 Å². The molecule has 1 N–H and O–H groups in total. The van der Waals surface area contributed by atoms with Gasteiger partial charge in [0.2, 0.25) is 0 Å². The summed E-state index contributed by atoms with van der Waals surface area (Å²) in [5.74, 6) is 0. The van der Waals surface area contributed by atoms with Crippen LogP contribution in [0.1, 0.15) is 6.92 Å². The number of hydrogen-bond acceptors (Lipinski definition) is 0. The first-order chi connectivity index (χ1) is 2.91. The molecule has 0 bridgehead atoms. The normalized spacial score (nSPS) is 11.7. The van der Waals surface area contributed by atoms with E-state index in [0.29, 0.717) is 0 Å². The highest BCUT2D eigenvalue weighted by Gasteiger charge is 1.56. The predicted octanol–water partition coefficient (Wildman–Crippen LogP) is -0.656. The van der Waals surface area contributed by atoms with E-state index < -0.39 is 0 Å². The third kappa shape index (κ3) is 3.41. The lowest BCUT2D eigenvalue weighted by molar-refractivity contribution is -0.413. The predicted molar refractivity (Wildman–Crippen MR) is 27.8 cm³/mol. The van der Waals surface area contributed by atoms with Crippen molar-refractivity contribution in [2.24, 2.45) is 0 Å². The third-order valence-electron chi connectivity index (χ3n) is 0.455. The van der Waals surface area contributed by atoms with Crippen LogP contribution in [0.15, 0.2) is 12.2 Å². The molecule has 0 unspecified atom stereocenters. The molecule has 0 atom stereocenters. The average Bonchev–Trinajstić information content (AvgIpc) is 1.61. The zero-order valence-corrected chi connectivity index (χ0v) is 4.23. The average molecular weight is 84.1 g/mol. The highest BCUT2D eigenvalue weighted by Crippen LogP contribution is 1.53. The van der Waals surface area contributed by atoms with Gasteiger partial charge in [0.1, 0.15) is 7.05 Å². The lowest BCUT2D eigenvalue weighted by Gasteiger charge is -1.57. The molecule has 34 valence electrons. The number of nitrogens with one attached hydrogen (secondary N) is 1. The summed E-state index contributed by atoms with van der Waals surface area (Å²) in [6.07, 6.45) is 5.79. The van der Waals surface area contributed by atoms with Gasteiger partial charge in [0, 0.05) is 0 Å². The second kappa shape index (κ2) is 4.41. The molecule has 0 spiro atoms. The van der Waals surface area contributed by atoms with Gasteiger partial charge in [-0.1, -0.05) is 6.08 Å². The van der Waals surface area contributed by atoms with Crippen LogP contribution in [0.25, 0.3) is 0 Å². The largest absolute Gasteiger partial charge is 0.251 e. The molecule has 0 aromatic rings. The Morgan fingerprint density at radius 2 is 2.17 bits per heavy atom. The summed E-state index contributed by atoms with van der Waals surface area (Å²) in [5, 5.41) is 0. The van der Waals surface area contributed by atoms with E-state index >= 15 is 0 Å². The van der Waals surface area contributed by atoms with Gasteiger partial charge >= 0.3 is 0 Å². The van der Waals surface area contributed by atoms with E-state index in [0.717, 1.165) is 0 Å². The molecule has 0 rings (SSSR count). The smallest absolute Gasteiger partial charge is 0.161 e. The van der Waals surface area contributed by atoms with Crippen molar-refractivity contribution >= 4 is 6.21 Å². The standard InChI is InChI=1S/C5H9N/c1-3-4-5-6-2/h3-5H,1-2H3/p+1. The summed E-state index contributed by atoms with van der Waals surface area (Å²) in [6, 6.07) is 0. The molecule has 0 aliphatic rings. The number of hydrogen-bond donors (Lipinski definition) is 1. The van der Waals surface area contributed by atoms with E-state index in [1.54, 1.807) is 0 Å². The Hall–Kier alpha value is -0.590. The van der Waals surface area contributed by atoms with E-state index in [4.69, 9.17) is 0 Å². The summed E-state index contributed by atoms with van der Waals surface area (Å²) >= 11 is 0. The van der Waals surface area contributed by atoms with Crippen molar-refractivity contribution in [1.29, 1.82) is 0 Å². The maximum absolute atomic E-state index is 2.86. The van der Waals surface area contributed by atoms with E-state index in [1.165, 1.54) is 0 Å². The minimum absolute atomic E-state index is 1.88. The molecule has 0 aliphatic carbocycles. The van der Waals surface area contributed by atoms with Crippen LogP contribution in [-0.2, 0) is 0 Å². The monoisotopic (exact) mass is 84.1 g/mol. The van der Waals surface area contributed by atoms with Crippen LogP contribution in [0.5, 0.6) is 0 Å². The maximum Gasteiger partial charge on any atom is 0.161 e. The Kier molecular flexibility index (Phi) is 3.98. The van der Waals surface area contributed by atoms with Crippen molar-refractivity contribution in [2.45, 2.75) is 6.92 Å². The maximum atomic E-state index is 2.86. The highest BCUT2D eigenvalue weighted by molar-refractivity contribution is 5.64. The first-order valence-corrected chi connectivity index (χ1v) is 2.03. The zero-order chi connectivity index (χ0) is 4.83. The minimum Gasteiger partial charge on any atom is -0.251 e. The molecule has 1 nitrogen and oxygen atoms in total.